The zero-order valence-electron chi connectivity index (χ0n) is 16.5. The Balaban J connectivity index is 1.68. The lowest BCUT2D eigenvalue weighted by atomic mass is 10.1. The average Bonchev–Trinajstić information content (AvgIpc) is 2.76. The molecule has 0 atom stereocenters. The van der Waals surface area contributed by atoms with Crippen LogP contribution < -0.4 is 25.7 Å². The van der Waals surface area contributed by atoms with Crippen LogP contribution >= 0.6 is 11.6 Å². The van der Waals surface area contributed by atoms with Crippen LogP contribution in [-0.4, -0.2) is 36.6 Å². The van der Waals surface area contributed by atoms with Gasteiger partial charge in [-0.05, 0) is 48.5 Å². The lowest BCUT2D eigenvalue weighted by molar-refractivity contribution is 0.251. The first kappa shape index (κ1) is 21.2. The van der Waals surface area contributed by atoms with E-state index in [1.54, 1.807) is 62.8 Å². The van der Waals surface area contributed by atoms with E-state index in [9.17, 15) is 9.59 Å². The number of methoxy groups -OCH3 is 2. The first-order valence-corrected chi connectivity index (χ1v) is 9.49. The van der Waals surface area contributed by atoms with Gasteiger partial charge in [-0.1, -0.05) is 11.6 Å². The second-order valence-electron chi connectivity index (χ2n) is 6.23. The molecule has 30 heavy (non-hydrogen) atoms. The predicted octanol–water partition coefficient (Wildman–Crippen LogP) is 3.40. The van der Waals surface area contributed by atoms with Crippen molar-refractivity contribution in [2.75, 3.05) is 26.1 Å². The second-order valence-corrected chi connectivity index (χ2v) is 6.67. The van der Waals surface area contributed by atoms with Crippen LogP contribution in [-0.2, 0) is 6.54 Å². The Bertz CT molecular complexity index is 1080. The van der Waals surface area contributed by atoms with Crippen LogP contribution in [0.25, 0.3) is 11.3 Å². The average molecular weight is 429 g/mol. The number of halogens is 1. The molecule has 2 N–H and O–H groups in total. The molecule has 9 heteroatoms. The van der Waals surface area contributed by atoms with Gasteiger partial charge in [0, 0.05) is 28.9 Å². The van der Waals surface area contributed by atoms with Crippen molar-refractivity contribution in [2.24, 2.45) is 0 Å². The maximum absolute atomic E-state index is 12.2. The third-order valence-corrected chi connectivity index (χ3v) is 4.51. The Morgan fingerprint density at radius 3 is 2.53 bits per heavy atom. The van der Waals surface area contributed by atoms with Crippen LogP contribution in [0.3, 0.4) is 0 Å². The van der Waals surface area contributed by atoms with Gasteiger partial charge in [-0.15, -0.1) is 0 Å². The molecule has 0 fully saturated rings. The molecule has 0 bridgehead atoms. The summed E-state index contributed by atoms with van der Waals surface area (Å²) in [6.07, 6.45) is 0. The van der Waals surface area contributed by atoms with Crippen molar-refractivity contribution < 1.29 is 14.3 Å². The van der Waals surface area contributed by atoms with E-state index >= 15 is 0 Å². The molecular formula is C21H21ClN4O4. The summed E-state index contributed by atoms with van der Waals surface area (Å²) in [5, 5.41) is 10.4. The number of urea groups is 1. The zero-order valence-corrected chi connectivity index (χ0v) is 17.3. The van der Waals surface area contributed by atoms with Gasteiger partial charge in [-0.3, -0.25) is 4.79 Å². The minimum atomic E-state index is -0.393. The van der Waals surface area contributed by atoms with Gasteiger partial charge in [0.2, 0.25) is 0 Å². The lowest BCUT2D eigenvalue weighted by Gasteiger charge is -2.12. The van der Waals surface area contributed by atoms with Gasteiger partial charge >= 0.3 is 6.03 Å². The largest absolute Gasteiger partial charge is 0.497 e. The van der Waals surface area contributed by atoms with Gasteiger partial charge in [0.1, 0.15) is 11.5 Å². The molecule has 2 amide bonds. The van der Waals surface area contributed by atoms with E-state index in [-0.39, 0.29) is 18.6 Å². The topological polar surface area (TPSA) is 94.5 Å². The van der Waals surface area contributed by atoms with Crippen LogP contribution in [0, 0.1) is 0 Å². The molecule has 8 nitrogen and oxygen atoms in total. The van der Waals surface area contributed by atoms with Crippen molar-refractivity contribution >= 4 is 23.3 Å². The van der Waals surface area contributed by atoms with Gasteiger partial charge in [0.15, 0.2) is 0 Å². The number of anilines is 1. The number of nitrogens with one attached hydrogen (secondary N) is 2. The summed E-state index contributed by atoms with van der Waals surface area (Å²) in [5.41, 5.74) is 1.58. The molecule has 1 aromatic heterocycles. The Hall–Kier alpha value is -3.52. The molecule has 3 aromatic rings. The van der Waals surface area contributed by atoms with Crippen LogP contribution in [0.1, 0.15) is 0 Å². The van der Waals surface area contributed by atoms with Crippen LogP contribution in [0.5, 0.6) is 11.5 Å². The van der Waals surface area contributed by atoms with Gasteiger partial charge in [0.05, 0.1) is 26.5 Å². The molecule has 156 valence electrons. The maximum Gasteiger partial charge on any atom is 0.319 e. The second kappa shape index (κ2) is 9.80. The molecule has 0 unspecified atom stereocenters. The number of ether oxygens (including phenoxy) is 2. The lowest BCUT2D eigenvalue weighted by Crippen LogP contribution is -2.34. The molecular weight excluding hydrogens is 408 g/mol. The van der Waals surface area contributed by atoms with E-state index in [0.29, 0.717) is 33.5 Å². The summed E-state index contributed by atoms with van der Waals surface area (Å²) in [6.45, 7) is 0.415. The van der Waals surface area contributed by atoms with Gasteiger partial charge < -0.3 is 20.1 Å². The molecule has 0 aliphatic carbocycles. The molecule has 0 saturated carbocycles. The molecule has 0 radical (unpaired) electrons. The molecule has 0 aliphatic heterocycles. The van der Waals surface area contributed by atoms with Crippen molar-refractivity contribution in [2.45, 2.75) is 6.54 Å². The summed E-state index contributed by atoms with van der Waals surface area (Å²) in [6, 6.07) is 14.7. The smallest absolute Gasteiger partial charge is 0.319 e. The predicted molar refractivity (Wildman–Crippen MR) is 116 cm³/mol. The normalized spacial score (nSPS) is 10.4. The molecule has 1 heterocycles. The van der Waals surface area contributed by atoms with Crippen molar-refractivity contribution in [3.63, 3.8) is 0 Å². The number of hydrogen-bond donors (Lipinski definition) is 2. The SMILES string of the molecule is COc1ccc(OC)c(-c2ccc(=O)n(CCNC(=O)Nc3ccc(Cl)cc3)n2)c1. The van der Waals surface area contributed by atoms with Crippen LogP contribution in [0.15, 0.2) is 59.4 Å². The number of hydrogen-bond acceptors (Lipinski definition) is 5. The molecule has 0 aliphatic rings. The van der Waals surface area contributed by atoms with E-state index in [1.165, 1.54) is 10.7 Å². The Morgan fingerprint density at radius 2 is 1.83 bits per heavy atom. The first-order valence-electron chi connectivity index (χ1n) is 9.11. The number of rotatable bonds is 7. The molecule has 0 saturated heterocycles. The standard InChI is InChI=1S/C21H21ClN4O4/c1-29-16-7-9-19(30-2)17(13-16)18-8-10-20(27)26(25-18)12-11-23-21(28)24-15-5-3-14(22)4-6-15/h3-10,13H,11-12H2,1-2H3,(H2,23,24,28). The highest BCUT2D eigenvalue weighted by Crippen LogP contribution is 2.31. The summed E-state index contributed by atoms with van der Waals surface area (Å²) < 4.78 is 11.9. The van der Waals surface area contributed by atoms with Crippen molar-refractivity contribution in [1.82, 2.24) is 15.1 Å². The summed E-state index contributed by atoms with van der Waals surface area (Å²) in [7, 11) is 3.13. The summed E-state index contributed by atoms with van der Waals surface area (Å²) in [4.78, 5) is 24.2. The van der Waals surface area contributed by atoms with Crippen molar-refractivity contribution in [1.29, 1.82) is 0 Å². The molecule has 3 rings (SSSR count). The van der Waals surface area contributed by atoms with E-state index in [2.05, 4.69) is 15.7 Å². The van der Waals surface area contributed by atoms with Crippen LogP contribution in [0.4, 0.5) is 10.5 Å². The fourth-order valence-electron chi connectivity index (χ4n) is 2.75. The minimum Gasteiger partial charge on any atom is -0.497 e. The van der Waals surface area contributed by atoms with E-state index in [1.807, 2.05) is 0 Å². The molecule has 0 spiro atoms. The number of nitrogens with zero attached hydrogens (tertiary/aromatic N) is 2. The monoisotopic (exact) mass is 428 g/mol. The Morgan fingerprint density at radius 1 is 1.07 bits per heavy atom. The number of amides is 2. The Labute approximate surface area is 178 Å². The molecule has 2 aromatic carbocycles. The third-order valence-electron chi connectivity index (χ3n) is 4.26. The highest BCUT2D eigenvalue weighted by atomic mass is 35.5. The highest BCUT2D eigenvalue weighted by molar-refractivity contribution is 6.30. The van der Waals surface area contributed by atoms with E-state index < -0.39 is 6.03 Å². The van der Waals surface area contributed by atoms with Gasteiger partial charge in [0.25, 0.3) is 5.56 Å². The summed E-state index contributed by atoms with van der Waals surface area (Å²) >= 11 is 5.82. The minimum absolute atomic E-state index is 0.201. The third kappa shape index (κ3) is 5.30. The van der Waals surface area contributed by atoms with Gasteiger partial charge in [-0.2, -0.15) is 5.10 Å². The number of benzene rings is 2. The summed E-state index contributed by atoms with van der Waals surface area (Å²) in [5.74, 6) is 1.25. The quantitative estimate of drug-likeness (QED) is 0.601. The zero-order chi connectivity index (χ0) is 21.5. The fourth-order valence-corrected chi connectivity index (χ4v) is 2.88. The van der Waals surface area contributed by atoms with Gasteiger partial charge in [-0.25, -0.2) is 9.48 Å². The maximum atomic E-state index is 12.2. The van der Waals surface area contributed by atoms with Crippen molar-refractivity contribution in [3.05, 3.63) is 70.0 Å². The first-order chi connectivity index (χ1) is 14.5. The van der Waals surface area contributed by atoms with E-state index in [4.69, 9.17) is 21.1 Å². The van der Waals surface area contributed by atoms with E-state index in [0.717, 1.165) is 0 Å². The number of carbonyl (C=O) groups is 1. The fraction of sp³-hybridized carbons (Fsp3) is 0.190. The highest BCUT2D eigenvalue weighted by Gasteiger charge is 2.11. The van der Waals surface area contributed by atoms with Crippen LogP contribution in [0.2, 0.25) is 5.02 Å². The van der Waals surface area contributed by atoms with Crippen molar-refractivity contribution in [3.8, 4) is 22.8 Å². The number of carbonyl (C=O) groups excluding carboxylic acids is 1. The Kier molecular flexibility index (Phi) is 6.92. The number of aromatic nitrogens is 2.